The minimum atomic E-state index is -0.486. The van der Waals surface area contributed by atoms with Crippen LogP contribution >= 0.6 is 11.8 Å². The zero-order chi connectivity index (χ0) is 20.8. The summed E-state index contributed by atoms with van der Waals surface area (Å²) in [5.41, 5.74) is 2.53. The number of amides is 1. The molecule has 29 heavy (non-hydrogen) atoms. The molecule has 0 bridgehead atoms. The predicted molar refractivity (Wildman–Crippen MR) is 113 cm³/mol. The van der Waals surface area contributed by atoms with E-state index in [2.05, 4.69) is 22.1 Å². The third kappa shape index (κ3) is 5.08. The molecule has 0 aliphatic carbocycles. The van der Waals surface area contributed by atoms with Crippen molar-refractivity contribution in [1.29, 1.82) is 0 Å². The summed E-state index contributed by atoms with van der Waals surface area (Å²) in [5.74, 6) is 0.598. The number of benzene rings is 2. The number of nitrogens with one attached hydrogen (secondary N) is 1. The van der Waals surface area contributed by atoms with Crippen LogP contribution in [-0.2, 0) is 11.3 Å². The summed E-state index contributed by atoms with van der Waals surface area (Å²) in [4.78, 5) is 22.5. The zero-order valence-electron chi connectivity index (χ0n) is 15.7. The topological polar surface area (TPSA) is 103 Å². The van der Waals surface area contributed by atoms with Crippen molar-refractivity contribution in [2.24, 2.45) is 0 Å². The van der Waals surface area contributed by atoms with E-state index in [-0.39, 0.29) is 17.3 Å². The van der Waals surface area contributed by atoms with Gasteiger partial charge in [-0.05, 0) is 25.1 Å². The Morgan fingerprint density at radius 3 is 2.69 bits per heavy atom. The quantitative estimate of drug-likeness (QED) is 0.260. The Hall–Kier alpha value is -3.46. The van der Waals surface area contributed by atoms with Crippen LogP contribution in [0.3, 0.4) is 0 Å². The van der Waals surface area contributed by atoms with Crippen molar-refractivity contribution in [2.75, 3.05) is 11.1 Å². The molecular formula is C20H19N5O3S. The van der Waals surface area contributed by atoms with Crippen molar-refractivity contribution >= 4 is 29.0 Å². The number of hydrogen-bond donors (Lipinski definition) is 1. The normalized spacial score (nSPS) is 10.5. The molecule has 0 unspecified atom stereocenters. The van der Waals surface area contributed by atoms with Crippen molar-refractivity contribution < 1.29 is 9.72 Å². The van der Waals surface area contributed by atoms with Crippen molar-refractivity contribution in [3.8, 4) is 11.4 Å². The van der Waals surface area contributed by atoms with Crippen LogP contribution in [0.15, 0.2) is 66.3 Å². The fourth-order valence-corrected chi connectivity index (χ4v) is 3.43. The highest BCUT2D eigenvalue weighted by Gasteiger charge is 2.15. The second-order valence-electron chi connectivity index (χ2n) is 6.22. The number of rotatable bonds is 8. The summed E-state index contributed by atoms with van der Waals surface area (Å²) in [7, 11) is 0. The lowest BCUT2D eigenvalue weighted by Crippen LogP contribution is -2.14. The highest BCUT2D eigenvalue weighted by atomic mass is 32.2. The van der Waals surface area contributed by atoms with E-state index in [1.807, 2.05) is 35.8 Å². The molecule has 3 rings (SSSR count). The van der Waals surface area contributed by atoms with Crippen LogP contribution in [0.5, 0.6) is 0 Å². The number of allylic oxidation sites excluding steroid dienone is 1. The molecule has 1 aromatic heterocycles. The molecular weight excluding hydrogens is 390 g/mol. The van der Waals surface area contributed by atoms with Crippen LogP contribution in [0, 0.1) is 17.0 Å². The molecule has 0 saturated carbocycles. The van der Waals surface area contributed by atoms with Gasteiger partial charge in [0.2, 0.25) is 5.91 Å². The number of non-ortho nitro benzene ring substituents is 1. The van der Waals surface area contributed by atoms with Gasteiger partial charge in [0.05, 0.1) is 10.7 Å². The highest BCUT2D eigenvalue weighted by Crippen LogP contribution is 2.25. The van der Waals surface area contributed by atoms with Crippen LogP contribution in [0.4, 0.5) is 11.4 Å². The predicted octanol–water partition coefficient (Wildman–Crippen LogP) is 4.08. The summed E-state index contributed by atoms with van der Waals surface area (Å²) >= 11 is 1.26. The number of thioether (sulfide) groups is 1. The average Bonchev–Trinajstić information content (AvgIpc) is 3.10. The first kappa shape index (κ1) is 20.3. The number of nitro benzene ring substituents is 1. The Morgan fingerprint density at radius 2 is 2.03 bits per heavy atom. The summed E-state index contributed by atoms with van der Waals surface area (Å²) < 4.78 is 1.91. The third-order valence-corrected chi connectivity index (χ3v) is 4.97. The van der Waals surface area contributed by atoms with Crippen LogP contribution in [0.2, 0.25) is 0 Å². The smallest absolute Gasteiger partial charge is 0.269 e. The number of aromatic nitrogens is 3. The molecule has 0 spiro atoms. The van der Waals surface area contributed by atoms with Crippen molar-refractivity contribution in [2.45, 2.75) is 18.6 Å². The molecule has 0 radical (unpaired) electrons. The number of carbonyl (C=O) groups is 1. The molecule has 3 aromatic rings. The second-order valence-corrected chi connectivity index (χ2v) is 7.16. The molecule has 0 fully saturated rings. The molecule has 1 amide bonds. The van der Waals surface area contributed by atoms with Gasteiger partial charge in [-0.1, -0.05) is 41.6 Å². The van der Waals surface area contributed by atoms with E-state index in [9.17, 15) is 14.9 Å². The minimum absolute atomic E-state index is 0.0291. The van der Waals surface area contributed by atoms with E-state index in [0.717, 1.165) is 11.1 Å². The number of hydrogen-bond acceptors (Lipinski definition) is 6. The van der Waals surface area contributed by atoms with Crippen LogP contribution < -0.4 is 5.32 Å². The maximum absolute atomic E-state index is 12.3. The standard InChI is InChI=1S/C20H19N5O3S/c1-3-11-24-19(15-6-4-5-14(2)12-15)22-23-20(24)29-13-18(26)21-16-7-9-17(10-8-16)25(27)28/h3-10,12H,1,11,13H2,2H3,(H,21,26). The maximum Gasteiger partial charge on any atom is 0.269 e. The van der Waals surface area contributed by atoms with Gasteiger partial charge in [-0.2, -0.15) is 0 Å². The molecule has 1 heterocycles. The van der Waals surface area contributed by atoms with Crippen molar-refractivity contribution in [1.82, 2.24) is 14.8 Å². The molecule has 8 nitrogen and oxygen atoms in total. The molecule has 148 valence electrons. The molecule has 9 heteroatoms. The first-order valence-electron chi connectivity index (χ1n) is 8.76. The number of anilines is 1. The van der Waals surface area contributed by atoms with Crippen LogP contribution in [0.1, 0.15) is 5.56 Å². The first-order valence-corrected chi connectivity index (χ1v) is 9.74. The molecule has 1 N–H and O–H groups in total. The molecule has 0 saturated heterocycles. The monoisotopic (exact) mass is 409 g/mol. The average molecular weight is 409 g/mol. The fourth-order valence-electron chi connectivity index (χ4n) is 2.68. The second kappa shape index (κ2) is 9.16. The Bertz CT molecular complexity index is 1050. The summed E-state index contributed by atoms with van der Waals surface area (Å²) in [5, 5.41) is 22.5. The van der Waals surface area contributed by atoms with E-state index < -0.39 is 4.92 Å². The highest BCUT2D eigenvalue weighted by molar-refractivity contribution is 7.99. The number of carbonyl (C=O) groups excluding carboxylic acids is 1. The van der Waals surface area contributed by atoms with Gasteiger partial charge in [0.1, 0.15) is 0 Å². The van der Waals surface area contributed by atoms with Gasteiger partial charge in [-0.25, -0.2) is 0 Å². The lowest BCUT2D eigenvalue weighted by atomic mass is 10.1. The van der Waals surface area contributed by atoms with Gasteiger partial charge in [-0.15, -0.1) is 16.8 Å². The van der Waals surface area contributed by atoms with Gasteiger partial charge in [0, 0.05) is 29.9 Å². The Balaban J connectivity index is 1.69. The largest absolute Gasteiger partial charge is 0.325 e. The van der Waals surface area contributed by atoms with Crippen molar-refractivity contribution in [3.05, 3.63) is 76.9 Å². The number of aryl methyl sites for hydroxylation is 1. The molecule has 2 aromatic carbocycles. The van der Waals surface area contributed by atoms with Crippen LogP contribution in [-0.4, -0.2) is 31.3 Å². The molecule has 0 aliphatic heterocycles. The zero-order valence-corrected chi connectivity index (χ0v) is 16.6. The number of nitro groups is 1. The maximum atomic E-state index is 12.3. The fraction of sp³-hybridized carbons (Fsp3) is 0.150. The van der Waals surface area contributed by atoms with Gasteiger partial charge in [0.25, 0.3) is 5.69 Å². The van der Waals surface area contributed by atoms with Gasteiger partial charge in [0.15, 0.2) is 11.0 Å². The Kier molecular flexibility index (Phi) is 6.40. The van der Waals surface area contributed by atoms with E-state index in [1.54, 1.807) is 6.08 Å². The molecule has 0 aliphatic rings. The third-order valence-electron chi connectivity index (χ3n) is 4.00. The summed E-state index contributed by atoms with van der Waals surface area (Å²) in [6, 6.07) is 13.6. The lowest BCUT2D eigenvalue weighted by molar-refractivity contribution is -0.384. The van der Waals surface area contributed by atoms with Gasteiger partial charge >= 0.3 is 0 Å². The minimum Gasteiger partial charge on any atom is -0.325 e. The Labute approximate surface area is 171 Å². The van der Waals surface area contributed by atoms with Gasteiger partial charge in [-0.3, -0.25) is 19.5 Å². The summed E-state index contributed by atoms with van der Waals surface area (Å²) in [6.07, 6.45) is 1.75. The van der Waals surface area contributed by atoms with E-state index >= 15 is 0 Å². The summed E-state index contributed by atoms with van der Waals surface area (Å²) in [6.45, 7) is 6.31. The SMILES string of the molecule is C=CCn1c(SCC(=O)Nc2ccc([N+](=O)[O-])cc2)nnc1-c1cccc(C)c1. The van der Waals surface area contributed by atoms with Crippen LogP contribution in [0.25, 0.3) is 11.4 Å². The number of nitrogens with zero attached hydrogens (tertiary/aromatic N) is 4. The first-order chi connectivity index (χ1) is 14.0. The van der Waals surface area contributed by atoms with Gasteiger partial charge < -0.3 is 5.32 Å². The lowest BCUT2D eigenvalue weighted by Gasteiger charge is -2.08. The van der Waals surface area contributed by atoms with E-state index in [4.69, 9.17) is 0 Å². The molecule has 0 atom stereocenters. The Morgan fingerprint density at radius 1 is 1.28 bits per heavy atom. The van der Waals surface area contributed by atoms with Crippen molar-refractivity contribution in [3.63, 3.8) is 0 Å². The van der Waals surface area contributed by atoms with E-state index in [1.165, 1.54) is 36.0 Å². The van der Waals surface area contributed by atoms with E-state index in [0.29, 0.717) is 23.2 Å².